The van der Waals surface area contributed by atoms with E-state index in [1.165, 1.54) is 0 Å². The van der Waals surface area contributed by atoms with Crippen molar-refractivity contribution in [1.82, 2.24) is 4.90 Å². The summed E-state index contributed by atoms with van der Waals surface area (Å²) in [6.07, 6.45) is 0.600. The van der Waals surface area contributed by atoms with Crippen LogP contribution >= 0.6 is 0 Å². The second kappa shape index (κ2) is 9.85. The maximum Gasteiger partial charge on any atom is 0.323 e. The number of carboxylic acid groups (broad SMARTS) is 1. The molecule has 0 aliphatic carbocycles. The Kier molecular flexibility index (Phi) is 9.22. The van der Waals surface area contributed by atoms with Crippen LogP contribution in [0.3, 0.4) is 0 Å². The zero-order chi connectivity index (χ0) is 14.0. The maximum atomic E-state index is 11.8. The van der Waals surface area contributed by atoms with Crippen LogP contribution in [0.5, 0.6) is 0 Å². The number of ether oxygens (including phenoxy) is 2. The molecule has 0 bridgehead atoms. The van der Waals surface area contributed by atoms with Crippen LogP contribution in [-0.4, -0.2) is 61.4 Å². The molecule has 0 spiro atoms. The van der Waals surface area contributed by atoms with E-state index in [1.807, 2.05) is 13.8 Å². The predicted molar refractivity (Wildman–Crippen MR) is 66.4 cm³/mol. The minimum absolute atomic E-state index is 0.0131. The van der Waals surface area contributed by atoms with Gasteiger partial charge in [-0.2, -0.15) is 0 Å². The molecular weight excluding hydrogens is 238 g/mol. The minimum Gasteiger partial charge on any atom is -0.481 e. The zero-order valence-electron chi connectivity index (χ0n) is 11.3. The number of hydrogen-bond acceptors (Lipinski definition) is 5. The molecule has 6 nitrogen and oxygen atoms in total. The van der Waals surface area contributed by atoms with E-state index in [-0.39, 0.29) is 19.0 Å². The molecule has 0 aromatic heterocycles. The first-order valence-electron chi connectivity index (χ1n) is 6.19. The quantitative estimate of drug-likeness (QED) is 0.462. The smallest absolute Gasteiger partial charge is 0.323 e. The van der Waals surface area contributed by atoms with Crippen LogP contribution in [0.1, 0.15) is 26.7 Å². The van der Waals surface area contributed by atoms with Gasteiger partial charge in [0.25, 0.3) is 0 Å². The van der Waals surface area contributed by atoms with Gasteiger partial charge >= 0.3 is 11.9 Å². The Morgan fingerprint density at radius 1 is 1.28 bits per heavy atom. The fraction of sp³-hybridized carbons (Fsp3) is 0.833. The van der Waals surface area contributed by atoms with Crippen LogP contribution < -0.4 is 0 Å². The fourth-order valence-electron chi connectivity index (χ4n) is 1.53. The first kappa shape index (κ1) is 16.9. The van der Waals surface area contributed by atoms with E-state index >= 15 is 0 Å². The summed E-state index contributed by atoms with van der Waals surface area (Å²) in [7, 11) is 1.72. The van der Waals surface area contributed by atoms with Gasteiger partial charge in [-0.3, -0.25) is 14.5 Å². The number of carboxylic acids is 1. The summed E-state index contributed by atoms with van der Waals surface area (Å²) in [5.74, 6) is -1.20. The molecule has 0 saturated carbocycles. The predicted octanol–water partition coefficient (Wildman–Crippen LogP) is 0.751. The number of rotatable bonds is 10. The Morgan fingerprint density at radius 2 is 1.94 bits per heavy atom. The largest absolute Gasteiger partial charge is 0.481 e. The Balaban J connectivity index is 4.04. The van der Waals surface area contributed by atoms with Crippen molar-refractivity contribution >= 4 is 11.9 Å². The fourth-order valence-corrected chi connectivity index (χ4v) is 1.53. The Hall–Kier alpha value is -1.14. The van der Waals surface area contributed by atoms with Gasteiger partial charge in [-0.15, -0.1) is 0 Å². The van der Waals surface area contributed by atoms with Crippen LogP contribution in [0.25, 0.3) is 0 Å². The van der Waals surface area contributed by atoms with Crippen molar-refractivity contribution in [2.45, 2.75) is 32.7 Å². The van der Waals surface area contributed by atoms with E-state index in [1.54, 1.807) is 11.9 Å². The lowest BCUT2D eigenvalue weighted by atomic mass is 10.2. The highest BCUT2D eigenvalue weighted by molar-refractivity contribution is 5.75. The molecule has 0 heterocycles. The number of carbonyl (C=O) groups excluding carboxylic acids is 1. The molecule has 0 aromatic carbocycles. The van der Waals surface area contributed by atoms with Crippen LogP contribution in [0, 0.1) is 0 Å². The highest BCUT2D eigenvalue weighted by Gasteiger charge is 2.22. The van der Waals surface area contributed by atoms with Gasteiger partial charge in [0.1, 0.15) is 12.6 Å². The van der Waals surface area contributed by atoms with Gasteiger partial charge in [-0.1, -0.05) is 6.92 Å². The van der Waals surface area contributed by atoms with Gasteiger partial charge in [0.2, 0.25) is 0 Å². The summed E-state index contributed by atoms with van der Waals surface area (Å²) in [6.45, 7) is 5.28. The summed E-state index contributed by atoms with van der Waals surface area (Å²) in [5.41, 5.74) is 0. The molecule has 0 aliphatic rings. The van der Waals surface area contributed by atoms with Gasteiger partial charge in [-0.25, -0.2) is 0 Å². The third-order valence-electron chi connectivity index (χ3n) is 2.55. The standard InChI is InChI=1S/C12H23NO5/c1-4-10(13(3)7-6-11(14)15)12(16)18-9-8-17-5-2/h10H,4-9H2,1-3H3,(H,14,15). The lowest BCUT2D eigenvalue weighted by Crippen LogP contribution is -2.40. The van der Waals surface area contributed by atoms with E-state index in [9.17, 15) is 9.59 Å². The van der Waals surface area contributed by atoms with Crippen molar-refractivity contribution < 1.29 is 24.2 Å². The molecule has 0 fully saturated rings. The molecular formula is C12H23NO5. The van der Waals surface area contributed by atoms with E-state index in [0.29, 0.717) is 26.2 Å². The molecule has 0 aliphatic heterocycles. The van der Waals surface area contributed by atoms with Gasteiger partial charge in [-0.05, 0) is 20.4 Å². The van der Waals surface area contributed by atoms with Gasteiger partial charge in [0.05, 0.1) is 13.0 Å². The van der Waals surface area contributed by atoms with Crippen LogP contribution in [0.15, 0.2) is 0 Å². The van der Waals surface area contributed by atoms with Crippen molar-refractivity contribution in [2.24, 2.45) is 0 Å². The first-order chi connectivity index (χ1) is 8.52. The summed E-state index contributed by atoms with van der Waals surface area (Å²) >= 11 is 0. The lowest BCUT2D eigenvalue weighted by Gasteiger charge is -2.24. The minimum atomic E-state index is -0.874. The van der Waals surface area contributed by atoms with E-state index < -0.39 is 12.0 Å². The molecule has 18 heavy (non-hydrogen) atoms. The summed E-state index contributed by atoms with van der Waals surface area (Å²) < 4.78 is 10.1. The van der Waals surface area contributed by atoms with Crippen molar-refractivity contribution in [2.75, 3.05) is 33.4 Å². The summed E-state index contributed by atoms with van der Waals surface area (Å²) in [6, 6.07) is -0.397. The third kappa shape index (κ3) is 7.24. The molecule has 0 rings (SSSR count). The van der Waals surface area contributed by atoms with Gasteiger partial charge in [0, 0.05) is 13.2 Å². The molecule has 0 radical (unpaired) electrons. The molecule has 106 valence electrons. The zero-order valence-corrected chi connectivity index (χ0v) is 11.3. The van der Waals surface area contributed by atoms with Crippen molar-refractivity contribution in [3.05, 3.63) is 0 Å². The highest BCUT2D eigenvalue weighted by atomic mass is 16.6. The highest BCUT2D eigenvalue weighted by Crippen LogP contribution is 2.05. The molecule has 1 N–H and O–H groups in total. The number of esters is 1. The Bertz CT molecular complexity index is 257. The normalized spacial score (nSPS) is 12.4. The van der Waals surface area contributed by atoms with Crippen molar-refractivity contribution in [3.8, 4) is 0 Å². The number of carbonyl (C=O) groups is 2. The molecule has 0 aromatic rings. The average molecular weight is 261 g/mol. The van der Waals surface area contributed by atoms with Gasteiger partial charge in [0.15, 0.2) is 0 Å². The van der Waals surface area contributed by atoms with Gasteiger partial charge < -0.3 is 14.6 Å². The van der Waals surface area contributed by atoms with Crippen molar-refractivity contribution in [3.63, 3.8) is 0 Å². The lowest BCUT2D eigenvalue weighted by molar-refractivity contribution is -0.152. The number of aliphatic carboxylic acids is 1. The SMILES string of the molecule is CCOCCOC(=O)C(CC)N(C)CCC(=O)O. The number of nitrogens with zero attached hydrogens (tertiary/aromatic N) is 1. The topological polar surface area (TPSA) is 76.1 Å². The Labute approximate surface area is 108 Å². The van der Waals surface area contributed by atoms with E-state index in [0.717, 1.165) is 0 Å². The molecule has 1 atom stereocenters. The number of likely N-dealkylation sites (N-methyl/N-ethyl adjacent to an activating group) is 1. The first-order valence-corrected chi connectivity index (χ1v) is 6.19. The van der Waals surface area contributed by atoms with Crippen LogP contribution in [0.4, 0.5) is 0 Å². The van der Waals surface area contributed by atoms with Crippen LogP contribution in [0.2, 0.25) is 0 Å². The summed E-state index contributed by atoms with van der Waals surface area (Å²) in [4.78, 5) is 23.9. The Morgan fingerprint density at radius 3 is 2.44 bits per heavy atom. The monoisotopic (exact) mass is 261 g/mol. The van der Waals surface area contributed by atoms with E-state index in [2.05, 4.69) is 0 Å². The molecule has 1 unspecified atom stereocenters. The third-order valence-corrected chi connectivity index (χ3v) is 2.55. The second-order valence-electron chi connectivity index (χ2n) is 3.91. The van der Waals surface area contributed by atoms with Crippen molar-refractivity contribution in [1.29, 1.82) is 0 Å². The average Bonchev–Trinajstić information content (AvgIpc) is 2.33. The van der Waals surface area contributed by atoms with E-state index in [4.69, 9.17) is 14.6 Å². The second-order valence-corrected chi connectivity index (χ2v) is 3.91. The summed E-state index contributed by atoms with van der Waals surface area (Å²) in [5, 5.41) is 8.60. The molecule has 0 amide bonds. The number of hydrogen-bond donors (Lipinski definition) is 1. The van der Waals surface area contributed by atoms with Crippen LogP contribution in [-0.2, 0) is 19.1 Å². The maximum absolute atomic E-state index is 11.8. The molecule has 0 saturated heterocycles. The molecule has 6 heteroatoms.